The first-order valence-electron chi connectivity index (χ1n) is 7.82. The number of rotatable bonds is 4. The van der Waals surface area contributed by atoms with E-state index in [1.165, 1.54) is 18.2 Å². The van der Waals surface area contributed by atoms with Gasteiger partial charge in [-0.15, -0.1) is 0 Å². The highest BCUT2D eigenvalue weighted by Crippen LogP contribution is 2.21. The number of hydrogen-bond acceptors (Lipinski definition) is 3. The van der Waals surface area contributed by atoms with Gasteiger partial charge < -0.3 is 15.4 Å². The number of amides is 2. The number of anilines is 2. The van der Waals surface area contributed by atoms with Gasteiger partial charge in [-0.25, -0.2) is 4.39 Å². The Balaban J connectivity index is 1.62. The van der Waals surface area contributed by atoms with Crippen LogP contribution in [0.25, 0.3) is 0 Å². The Morgan fingerprint density at radius 2 is 1.76 bits per heavy atom. The van der Waals surface area contributed by atoms with E-state index in [4.69, 9.17) is 4.74 Å². The van der Waals surface area contributed by atoms with Crippen molar-refractivity contribution in [3.05, 3.63) is 58.3 Å². The summed E-state index contributed by atoms with van der Waals surface area (Å²) < 4.78 is 18.8. The van der Waals surface area contributed by atoms with Crippen LogP contribution < -0.4 is 10.6 Å². The molecule has 2 aromatic rings. The van der Waals surface area contributed by atoms with Gasteiger partial charge in [-0.2, -0.15) is 0 Å². The third-order valence-corrected chi connectivity index (χ3v) is 4.46. The van der Waals surface area contributed by atoms with E-state index < -0.39 is 11.9 Å². The van der Waals surface area contributed by atoms with Crippen molar-refractivity contribution in [2.75, 3.05) is 17.2 Å². The average Bonchev–Trinajstić information content (AvgIpc) is 3.11. The Labute approximate surface area is 152 Å². The van der Waals surface area contributed by atoms with E-state index in [0.29, 0.717) is 28.0 Å². The number of halogens is 2. The first-order chi connectivity index (χ1) is 12.0. The van der Waals surface area contributed by atoms with Crippen molar-refractivity contribution in [3.63, 3.8) is 0 Å². The van der Waals surface area contributed by atoms with Crippen LogP contribution in [-0.4, -0.2) is 24.5 Å². The van der Waals surface area contributed by atoms with Crippen molar-refractivity contribution in [1.82, 2.24) is 0 Å². The molecule has 1 aliphatic rings. The fourth-order valence-corrected chi connectivity index (χ4v) is 3.05. The van der Waals surface area contributed by atoms with Gasteiger partial charge >= 0.3 is 0 Å². The molecule has 25 heavy (non-hydrogen) atoms. The maximum atomic E-state index is 13.1. The molecule has 130 valence electrons. The van der Waals surface area contributed by atoms with E-state index in [1.54, 1.807) is 24.3 Å². The minimum Gasteiger partial charge on any atom is -0.368 e. The van der Waals surface area contributed by atoms with Gasteiger partial charge in [0.05, 0.1) is 5.56 Å². The lowest BCUT2D eigenvalue weighted by molar-refractivity contribution is -0.124. The number of benzene rings is 2. The van der Waals surface area contributed by atoms with Crippen LogP contribution in [0.3, 0.4) is 0 Å². The maximum Gasteiger partial charge on any atom is 0.256 e. The molecular weight excluding hydrogens is 391 g/mol. The second kappa shape index (κ2) is 7.76. The predicted octanol–water partition coefficient (Wildman–Crippen LogP) is 3.96. The van der Waals surface area contributed by atoms with Gasteiger partial charge in [0.25, 0.3) is 11.8 Å². The Hall–Kier alpha value is -2.25. The van der Waals surface area contributed by atoms with E-state index in [9.17, 15) is 14.0 Å². The highest BCUT2D eigenvalue weighted by atomic mass is 79.9. The molecule has 2 N–H and O–H groups in total. The zero-order valence-electron chi connectivity index (χ0n) is 13.2. The SMILES string of the molecule is O=C(Nc1ccc(NC(=O)[C@H]2CCCO2)cc1)c1ccc(F)cc1Br. The van der Waals surface area contributed by atoms with E-state index in [0.717, 1.165) is 12.8 Å². The Morgan fingerprint density at radius 1 is 1.08 bits per heavy atom. The Morgan fingerprint density at radius 3 is 2.36 bits per heavy atom. The molecule has 0 radical (unpaired) electrons. The summed E-state index contributed by atoms with van der Waals surface area (Å²) in [4.78, 5) is 24.2. The number of carbonyl (C=O) groups is 2. The second-order valence-electron chi connectivity index (χ2n) is 5.65. The Bertz CT molecular complexity index is 789. The zero-order chi connectivity index (χ0) is 17.8. The first kappa shape index (κ1) is 17.6. The number of carbonyl (C=O) groups excluding carboxylic acids is 2. The van der Waals surface area contributed by atoms with Crippen LogP contribution in [0.4, 0.5) is 15.8 Å². The predicted molar refractivity (Wildman–Crippen MR) is 96.1 cm³/mol. The third kappa shape index (κ3) is 4.43. The summed E-state index contributed by atoms with van der Waals surface area (Å²) in [7, 11) is 0. The molecule has 0 aromatic heterocycles. The average molecular weight is 407 g/mol. The van der Waals surface area contributed by atoms with Gasteiger partial charge in [0.2, 0.25) is 0 Å². The van der Waals surface area contributed by atoms with E-state index >= 15 is 0 Å². The lowest BCUT2D eigenvalue weighted by atomic mass is 10.2. The van der Waals surface area contributed by atoms with Gasteiger partial charge in [0.1, 0.15) is 11.9 Å². The molecule has 7 heteroatoms. The highest BCUT2D eigenvalue weighted by molar-refractivity contribution is 9.10. The molecule has 5 nitrogen and oxygen atoms in total. The van der Waals surface area contributed by atoms with E-state index in [-0.39, 0.29) is 11.8 Å². The van der Waals surface area contributed by atoms with Crippen LogP contribution in [0.15, 0.2) is 46.9 Å². The van der Waals surface area contributed by atoms with Crippen molar-refractivity contribution >= 4 is 39.1 Å². The summed E-state index contributed by atoms with van der Waals surface area (Å²) in [6.07, 6.45) is 1.23. The van der Waals surface area contributed by atoms with Crippen LogP contribution in [0.2, 0.25) is 0 Å². The number of hydrogen-bond donors (Lipinski definition) is 2. The summed E-state index contributed by atoms with van der Waals surface area (Å²) in [6, 6.07) is 10.6. The quantitative estimate of drug-likeness (QED) is 0.807. The van der Waals surface area contributed by atoms with E-state index in [2.05, 4.69) is 26.6 Å². The fourth-order valence-electron chi connectivity index (χ4n) is 2.52. The summed E-state index contributed by atoms with van der Waals surface area (Å²) in [5.74, 6) is -0.942. The molecule has 1 heterocycles. The van der Waals surface area contributed by atoms with Gasteiger partial charge in [0.15, 0.2) is 0 Å². The van der Waals surface area contributed by atoms with Crippen LogP contribution in [0.1, 0.15) is 23.2 Å². The molecule has 0 bridgehead atoms. The molecule has 2 aromatic carbocycles. The van der Waals surface area contributed by atoms with Crippen LogP contribution in [0.5, 0.6) is 0 Å². The molecule has 3 rings (SSSR count). The molecular formula is C18H16BrFN2O3. The fraction of sp³-hybridized carbons (Fsp3) is 0.222. The molecule has 1 saturated heterocycles. The van der Waals surface area contributed by atoms with Crippen molar-refractivity contribution in [1.29, 1.82) is 0 Å². The lowest BCUT2D eigenvalue weighted by Gasteiger charge is -2.11. The van der Waals surface area contributed by atoms with Crippen molar-refractivity contribution < 1.29 is 18.7 Å². The highest BCUT2D eigenvalue weighted by Gasteiger charge is 2.23. The van der Waals surface area contributed by atoms with Crippen molar-refractivity contribution in [2.24, 2.45) is 0 Å². The summed E-state index contributed by atoms with van der Waals surface area (Å²) in [6.45, 7) is 0.613. The minimum atomic E-state index is -0.422. The van der Waals surface area contributed by atoms with Gasteiger partial charge in [-0.3, -0.25) is 9.59 Å². The molecule has 1 atom stereocenters. The molecule has 0 aliphatic carbocycles. The molecule has 2 amide bonds. The molecule has 0 saturated carbocycles. The van der Waals surface area contributed by atoms with Crippen molar-refractivity contribution in [3.8, 4) is 0 Å². The first-order valence-corrected chi connectivity index (χ1v) is 8.61. The van der Waals surface area contributed by atoms with Crippen LogP contribution in [0, 0.1) is 5.82 Å². The Kier molecular flexibility index (Phi) is 5.45. The number of nitrogens with one attached hydrogen (secondary N) is 2. The summed E-state index contributed by atoms with van der Waals surface area (Å²) in [5, 5.41) is 5.51. The van der Waals surface area contributed by atoms with E-state index in [1.807, 2.05) is 0 Å². The lowest BCUT2D eigenvalue weighted by Crippen LogP contribution is -2.26. The van der Waals surface area contributed by atoms with Gasteiger partial charge in [-0.05, 0) is 71.2 Å². The van der Waals surface area contributed by atoms with Gasteiger partial charge in [0, 0.05) is 22.5 Å². The zero-order valence-corrected chi connectivity index (χ0v) is 14.8. The molecule has 1 fully saturated rings. The third-order valence-electron chi connectivity index (χ3n) is 3.81. The van der Waals surface area contributed by atoms with Gasteiger partial charge in [-0.1, -0.05) is 0 Å². The topological polar surface area (TPSA) is 67.4 Å². The minimum absolute atomic E-state index is 0.162. The maximum absolute atomic E-state index is 13.1. The molecule has 1 aliphatic heterocycles. The summed E-state index contributed by atoms with van der Waals surface area (Å²) >= 11 is 3.17. The van der Waals surface area contributed by atoms with Crippen LogP contribution in [-0.2, 0) is 9.53 Å². The largest absolute Gasteiger partial charge is 0.368 e. The molecule has 0 spiro atoms. The molecule has 0 unspecified atom stereocenters. The summed E-state index contributed by atoms with van der Waals surface area (Å²) in [5.41, 5.74) is 1.52. The second-order valence-corrected chi connectivity index (χ2v) is 6.50. The monoisotopic (exact) mass is 406 g/mol. The number of ether oxygens (including phenoxy) is 1. The van der Waals surface area contributed by atoms with Crippen LogP contribution >= 0.6 is 15.9 Å². The normalized spacial score (nSPS) is 16.5. The smallest absolute Gasteiger partial charge is 0.256 e. The van der Waals surface area contributed by atoms with Crippen molar-refractivity contribution in [2.45, 2.75) is 18.9 Å². The standard InChI is InChI=1S/C18H16BrFN2O3/c19-15-10-11(20)3-8-14(15)17(23)21-12-4-6-13(7-5-12)22-18(24)16-2-1-9-25-16/h3-8,10,16H,1-2,9H2,(H,21,23)(H,22,24)/t16-/m1/s1.